The third-order valence-electron chi connectivity index (χ3n) is 1.69. The van der Waals surface area contributed by atoms with Gasteiger partial charge in [-0.25, -0.2) is 0 Å². The van der Waals surface area contributed by atoms with Crippen molar-refractivity contribution in [3.05, 3.63) is 23.8 Å². The molecule has 0 unspecified atom stereocenters. The number of carbonyl (C=O) groups is 1. The Morgan fingerprint density at radius 2 is 1.58 bits per heavy atom. The first-order valence-corrected chi connectivity index (χ1v) is 6.99. The quantitative estimate of drug-likeness (QED) is 0.309. The second kappa shape index (κ2) is 11.6. The second-order valence-corrected chi connectivity index (χ2v) is 5.93. The molecule has 1 rings (SSSR count). The normalized spacial score (nSPS) is 8.37. The van der Waals surface area contributed by atoms with Gasteiger partial charge in [-0.05, 0) is 0 Å². The summed E-state index contributed by atoms with van der Waals surface area (Å²) in [5.74, 6) is -0.486. The topological polar surface area (TPSA) is 232 Å². The maximum atomic E-state index is 11.0. The molecule has 0 amide bonds. The molecule has 0 aliphatic carbocycles. The first kappa shape index (κ1) is 31.3. The summed E-state index contributed by atoms with van der Waals surface area (Å²) in [5, 5.41) is 0. The fourth-order valence-electron chi connectivity index (χ4n) is 1.07. The van der Waals surface area contributed by atoms with Gasteiger partial charge in [-0.1, -0.05) is 0 Å². The molecule has 0 aliphatic heterocycles. The minimum absolute atomic E-state index is 0. The van der Waals surface area contributed by atoms with Crippen LogP contribution in [0, 0.1) is 0 Å². The van der Waals surface area contributed by atoms with Crippen LogP contribution in [0.15, 0.2) is 18.2 Å². The van der Waals surface area contributed by atoms with E-state index in [9.17, 15) is 16.7 Å². The summed E-state index contributed by atoms with van der Waals surface area (Å²) in [7, 11) is 0. The minimum Gasteiger partial charge on any atom is -0.412 e. The molecule has 0 heterocycles. The van der Waals surface area contributed by atoms with Crippen LogP contribution in [-0.2, 0) is 3.74 Å². The van der Waals surface area contributed by atoms with Crippen molar-refractivity contribution in [3.8, 4) is 0 Å². The number of hydrogen-bond acceptors (Lipinski definition) is 5. The molecule has 0 atom stereocenters. The first-order valence-electron chi connectivity index (χ1n) is 3.75. The first-order chi connectivity index (χ1) is 6.32. The fourth-order valence-corrected chi connectivity index (χ4v) is 2.70. The zero-order valence-electron chi connectivity index (χ0n) is 10.4. The predicted molar refractivity (Wildman–Crippen MR) is 61.4 cm³/mol. The maximum absolute atomic E-state index is 11.0. The predicted octanol–water partition coefficient (Wildman–Crippen LogP) is -8.53. The Morgan fingerprint density at radius 3 is 1.89 bits per heavy atom. The van der Waals surface area contributed by atoms with E-state index in [1.54, 1.807) is 0 Å². The number of hydrogen-bond donors (Lipinski definition) is 1. The Bertz CT molecular complexity index is 435. The summed E-state index contributed by atoms with van der Waals surface area (Å²) in [6.07, 6.45) is 0. The van der Waals surface area contributed by atoms with Gasteiger partial charge in [0.05, 0.1) is 0 Å². The molecular formula is C8H16AsNNaO8-. The van der Waals surface area contributed by atoms with Gasteiger partial charge in [0.1, 0.15) is 0 Å². The Balaban J connectivity index is -0.000000131. The van der Waals surface area contributed by atoms with Crippen molar-refractivity contribution in [1.82, 2.24) is 0 Å². The molecule has 0 fully saturated rings. The standard InChI is InChI=1S/C8H10AsNO4.Na.4H2O/c1-5(11)7-4-6(10)2-3-8(7)9(12,13)14;;;;;/h2-4H,10H2,1H3,(H2,12,13,14);;4*1H2/q;+1;;;;/p-2. The molecule has 0 aromatic heterocycles. The summed E-state index contributed by atoms with van der Waals surface area (Å²) < 4.78 is 32.0. The van der Waals surface area contributed by atoms with Gasteiger partial charge >= 0.3 is 113 Å². The molecule has 0 saturated carbocycles. The molecule has 19 heavy (non-hydrogen) atoms. The SMILES string of the molecule is CC(=O)c1cc(N)ccc1[As](=O)([O-])[O-].O.O.O.O.[Na+]. The van der Waals surface area contributed by atoms with E-state index in [1.807, 2.05) is 0 Å². The summed E-state index contributed by atoms with van der Waals surface area (Å²) in [5.41, 5.74) is 5.49. The minimum atomic E-state index is -5.53. The van der Waals surface area contributed by atoms with Crippen LogP contribution in [0.1, 0.15) is 17.3 Å². The molecule has 0 aliphatic rings. The third kappa shape index (κ3) is 8.55. The number of benzene rings is 1. The summed E-state index contributed by atoms with van der Waals surface area (Å²) >= 11 is -5.53. The van der Waals surface area contributed by atoms with Crippen molar-refractivity contribution in [2.75, 3.05) is 5.73 Å². The van der Waals surface area contributed by atoms with Crippen molar-refractivity contribution in [2.45, 2.75) is 6.92 Å². The Morgan fingerprint density at radius 1 is 1.16 bits per heavy atom. The van der Waals surface area contributed by atoms with Crippen LogP contribution < -0.4 is 47.8 Å². The van der Waals surface area contributed by atoms with Gasteiger partial charge in [0.25, 0.3) is 0 Å². The van der Waals surface area contributed by atoms with Crippen LogP contribution >= 0.6 is 0 Å². The molecule has 0 radical (unpaired) electrons. The van der Waals surface area contributed by atoms with Crippen LogP contribution in [0.2, 0.25) is 0 Å². The number of Topliss-reactive ketones (excluding diaryl/α,β-unsaturated/α-hetero) is 1. The van der Waals surface area contributed by atoms with Crippen LogP contribution in [0.25, 0.3) is 0 Å². The Labute approximate surface area is 134 Å². The van der Waals surface area contributed by atoms with Gasteiger partial charge in [0.15, 0.2) is 0 Å². The molecular weight excluding hydrogens is 336 g/mol. The number of anilines is 1. The largest absolute Gasteiger partial charge is 1.00 e. The average Bonchev–Trinajstić information content (AvgIpc) is 2.01. The molecule has 1 aromatic rings. The smallest absolute Gasteiger partial charge is 0.412 e. The van der Waals surface area contributed by atoms with Crippen molar-refractivity contribution >= 4 is 30.0 Å². The maximum Gasteiger partial charge on any atom is 1.00 e. The van der Waals surface area contributed by atoms with E-state index in [0.717, 1.165) is 6.07 Å². The van der Waals surface area contributed by atoms with Crippen molar-refractivity contribution in [3.63, 3.8) is 0 Å². The Hall–Kier alpha value is -0.192. The van der Waals surface area contributed by atoms with Gasteiger partial charge in [-0.2, -0.15) is 0 Å². The van der Waals surface area contributed by atoms with Gasteiger partial charge < -0.3 is 21.9 Å². The van der Waals surface area contributed by atoms with Crippen molar-refractivity contribution in [1.29, 1.82) is 0 Å². The van der Waals surface area contributed by atoms with E-state index >= 15 is 0 Å². The van der Waals surface area contributed by atoms with Gasteiger partial charge in [-0.15, -0.1) is 0 Å². The number of nitrogens with two attached hydrogens (primary N) is 1. The van der Waals surface area contributed by atoms with Crippen LogP contribution in [0.3, 0.4) is 0 Å². The summed E-state index contributed by atoms with van der Waals surface area (Å²) in [6.45, 7) is 1.18. The van der Waals surface area contributed by atoms with Crippen LogP contribution in [-0.4, -0.2) is 41.9 Å². The Kier molecular flexibility index (Phi) is 19.1. The van der Waals surface area contributed by atoms with Crippen molar-refractivity contribution in [2.24, 2.45) is 0 Å². The van der Waals surface area contributed by atoms with E-state index in [4.69, 9.17) is 5.73 Å². The van der Waals surface area contributed by atoms with E-state index in [1.165, 1.54) is 19.1 Å². The van der Waals surface area contributed by atoms with Crippen molar-refractivity contribution < 1.29 is 68.2 Å². The number of rotatable bonds is 2. The molecule has 0 spiro atoms. The third-order valence-corrected chi connectivity index (χ3v) is 3.75. The van der Waals surface area contributed by atoms with E-state index in [2.05, 4.69) is 0 Å². The molecule has 108 valence electrons. The molecule has 0 saturated heterocycles. The average molecular weight is 352 g/mol. The van der Waals surface area contributed by atoms with Gasteiger partial charge in [0.2, 0.25) is 0 Å². The van der Waals surface area contributed by atoms with Crippen LogP contribution in [0.5, 0.6) is 0 Å². The summed E-state index contributed by atoms with van der Waals surface area (Å²) in [4.78, 5) is 11.0. The number of nitrogen functional groups attached to an aromatic ring is 1. The van der Waals surface area contributed by atoms with Gasteiger partial charge in [0, 0.05) is 0 Å². The zero-order chi connectivity index (χ0) is 10.9. The summed E-state index contributed by atoms with van der Waals surface area (Å²) in [6, 6.07) is 3.55. The number of ketones is 1. The molecule has 9 nitrogen and oxygen atoms in total. The van der Waals surface area contributed by atoms with E-state index in [0.29, 0.717) is 0 Å². The van der Waals surface area contributed by atoms with E-state index < -0.39 is 24.3 Å². The van der Waals surface area contributed by atoms with Gasteiger partial charge in [-0.3, -0.25) is 0 Å². The van der Waals surface area contributed by atoms with E-state index in [-0.39, 0.29) is 62.7 Å². The van der Waals surface area contributed by atoms with Crippen LogP contribution in [0.4, 0.5) is 5.69 Å². The second-order valence-electron chi connectivity index (χ2n) is 2.83. The monoisotopic (exact) mass is 352 g/mol. The molecule has 10 N–H and O–H groups in total. The molecule has 1 aromatic carbocycles. The molecule has 0 bridgehead atoms. The fraction of sp³-hybridized carbons (Fsp3) is 0.125. The zero-order valence-corrected chi connectivity index (χ0v) is 14.3. The molecule has 11 heteroatoms. The number of carbonyl (C=O) groups excluding carboxylic acids is 1.